The molecular formula is C27H21N7O2. The molecule has 0 aliphatic carbocycles. The summed E-state index contributed by atoms with van der Waals surface area (Å²) < 4.78 is 1.68. The van der Waals surface area contributed by atoms with Crippen LogP contribution in [0.15, 0.2) is 85.2 Å². The molecule has 0 saturated carbocycles. The number of nitrogens with one attached hydrogen (secondary N) is 1. The van der Waals surface area contributed by atoms with Crippen LogP contribution in [0, 0.1) is 0 Å². The van der Waals surface area contributed by atoms with Crippen molar-refractivity contribution in [3.63, 3.8) is 0 Å². The first-order valence-electron chi connectivity index (χ1n) is 11.5. The van der Waals surface area contributed by atoms with Crippen molar-refractivity contribution >= 4 is 39.6 Å². The number of anilines is 3. The molecule has 9 nitrogen and oxygen atoms in total. The molecule has 0 bridgehead atoms. The van der Waals surface area contributed by atoms with E-state index >= 15 is 0 Å². The number of carbonyl (C=O) groups is 2. The molecule has 36 heavy (non-hydrogen) atoms. The lowest BCUT2D eigenvalue weighted by Gasteiger charge is -2.23. The molecule has 3 aromatic carbocycles. The molecule has 3 heterocycles. The second kappa shape index (κ2) is 8.70. The number of benzene rings is 3. The van der Waals surface area contributed by atoms with Crippen molar-refractivity contribution in [2.75, 3.05) is 10.2 Å². The summed E-state index contributed by atoms with van der Waals surface area (Å²) >= 11 is 0. The third-order valence-electron chi connectivity index (χ3n) is 6.39. The molecule has 9 heteroatoms. The quantitative estimate of drug-likeness (QED) is 0.387. The van der Waals surface area contributed by atoms with Crippen molar-refractivity contribution < 1.29 is 9.59 Å². The summed E-state index contributed by atoms with van der Waals surface area (Å²) in [5.41, 5.74) is 3.66. The smallest absolute Gasteiger partial charge is 0.241 e. The zero-order valence-corrected chi connectivity index (χ0v) is 19.4. The van der Waals surface area contributed by atoms with Gasteiger partial charge in [-0.05, 0) is 57.8 Å². The molecule has 1 unspecified atom stereocenters. The van der Waals surface area contributed by atoms with Crippen molar-refractivity contribution in [1.82, 2.24) is 25.2 Å². The standard InChI is InChI=1S/C27H21N7O2/c1-17(19-6-4-14-28-16-19)27-30-31-32-34(27)21-11-9-20(10-12-21)33-23-13-8-18-5-2-3-7-22(18)26(23)29-24(35)15-25(33)36/h2-14,16-17H,15H2,1H3,(H,29,35). The van der Waals surface area contributed by atoms with Gasteiger partial charge in [-0.1, -0.05) is 43.3 Å². The summed E-state index contributed by atoms with van der Waals surface area (Å²) in [7, 11) is 0. The van der Waals surface area contributed by atoms with Crippen molar-refractivity contribution in [1.29, 1.82) is 0 Å². The fraction of sp³-hybridized carbons (Fsp3) is 0.111. The minimum atomic E-state index is -0.334. The summed E-state index contributed by atoms with van der Waals surface area (Å²) in [6.07, 6.45) is 3.28. The number of fused-ring (bicyclic) bond motifs is 3. The van der Waals surface area contributed by atoms with Gasteiger partial charge in [-0.3, -0.25) is 19.5 Å². The van der Waals surface area contributed by atoms with Crippen molar-refractivity contribution in [3.8, 4) is 5.69 Å². The minimum absolute atomic E-state index is 0.0715. The highest BCUT2D eigenvalue weighted by atomic mass is 16.2. The van der Waals surface area contributed by atoms with Gasteiger partial charge in [-0.15, -0.1) is 5.10 Å². The van der Waals surface area contributed by atoms with Gasteiger partial charge in [0.25, 0.3) is 0 Å². The molecule has 2 aromatic heterocycles. The first-order valence-corrected chi connectivity index (χ1v) is 11.5. The van der Waals surface area contributed by atoms with Crippen LogP contribution < -0.4 is 10.2 Å². The molecule has 176 valence electrons. The first kappa shape index (κ1) is 21.6. The maximum Gasteiger partial charge on any atom is 0.241 e. The van der Waals surface area contributed by atoms with Gasteiger partial charge in [0.1, 0.15) is 6.42 Å². The highest BCUT2D eigenvalue weighted by Crippen LogP contribution is 2.40. The van der Waals surface area contributed by atoms with Gasteiger partial charge in [-0.2, -0.15) is 4.68 Å². The normalized spacial score (nSPS) is 14.3. The lowest BCUT2D eigenvalue weighted by molar-refractivity contribution is -0.124. The summed E-state index contributed by atoms with van der Waals surface area (Å²) in [6.45, 7) is 2.02. The first-order chi connectivity index (χ1) is 17.6. The van der Waals surface area contributed by atoms with E-state index in [1.165, 1.54) is 0 Å². The van der Waals surface area contributed by atoms with Crippen LogP contribution in [0.2, 0.25) is 0 Å². The zero-order valence-electron chi connectivity index (χ0n) is 19.4. The van der Waals surface area contributed by atoms with Gasteiger partial charge in [0.2, 0.25) is 11.8 Å². The number of tetrazole rings is 1. The van der Waals surface area contributed by atoms with Crippen molar-refractivity contribution in [2.45, 2.75) is 19.3 Å². The predicted octanol–water partition coefficient (Wildman–Crippen LogP) is 4.37. The highest BCUT2D eigenvalue weighted by molar-refractivity contribution is 6.21. The zero-order chi connectivity index (χ0) is 24.6. The van der Waals surface area contributed by atoms with E-state index in [-0.39, 0.29) is 24.2 Å². The molecule has 0 saturated heterocycles. The molecule has 1 aliphatic heterocycles. The lowest BCUT2D eigenvalue weighted by atomic mass is 10.0. The second-order valence-corrected chi connectivity index (χ2v) is 8.61. The number of nitrogens with zero attached hydrogens (tertiary/aromatic N) is 6. The third-order valence-corrected chi connectivity index (χ3v) is 6.39. The van der Waals surface area contributed by atoms with E-state index in [9.17, 15) is 9.59 Å². The predicted molar refractivity (Wildman–Crippen MR) is 135 cm³/mol. The number of amides is 2. The Labute approximate surface area is 206 Å². The Morgan fingerprint density at radius 2 is 1.72 bits per heavy atom. The Morgan fingerprint density at radius 1 is 0.917 bits per heavy atom. The fourth-order valence-corrected chi connectivity index (χ4v) is 4.57. The summed E-state index contributed by atoms with van der Waals surface area (Å²) in [5, 5.41) is 17.1. The van der Waals surface area contributed by atoms with E-state index in [2.05, 4.69) is 25.8 Å². The Balaban J connectivity index is 1.39. The minimum Gasteiger partial charge on any atom is -0.323 e. The third kappa shape index (κ3) is 3.67. The van der Waals surface area contributed by atoms with Crippen LogP contribution in [0.4, 0.5) is 17.1 Å². The Kier molecular flexibility index (Phi) is 5.22. The number of hydrogen-bond acceptors (Lipinski definition) is 6. The number of carbonyl (C=O) groups excluding carboxylic acids is 2. The average Bonchev–Trinajstić information content (AvgIpc) is 3.35. The van der Waals surface area contributed by atoms with E-state index in [1.54, 1.807) is 22.0 Å². The summed E-state index contributed by atoms with van der Waals surface area (Å²) in [4.78, 5) is 31.5. The van der Waals surface area contributed by atoms with Gasteiger partial charge >= 0.3 is 0 Å². The molecule has 0 fully saturated rings. The van der Waals surface area contributed by atoms with E-state index in [1.807, 2.05) is 79.7 Å². The number of pyridine rings is 1. The van der Waals surface area contributed by atoms with Gasteiger partial charge < -0.3 is 5.32 Å². The monoisotopic (exact) mass is 475 g/mol. The second-order valence-electron chi connectivity index (χ2n) is 8.61. The largest absolute Gasteiger partial charge is 0.323 e. The van der Waals surface area contributed by atoms with Crippen LogP contribution in [0.3, 0.4) is 0 Å². The number of rotatable bonds is 4. The highest BCUT2D eigenvalue weighted by Gasteiger charge is 2.29. The molecule has 2 amide bonds. The summed E-state index contributed by atoms with van der Waals surface area (Å²) in [6, 6.07) is 22.8. The van der Waals surface area contributed by atoms with Crippen molar-refractivity contribution in [3.05, 3.63) is 96.6 Å². The number of aromatic nitrogens is 5. The van der Waals surface area contributed by atoms with Crippen molar-refractivity contribution in [2.24, 2.45) is 0 Å². The Morgan fingerprint density at radius 3 is 2.53 bits per heavy atom. The van der Waals surface area contributed by atoms with Gasteiger partial charge in [0.05, 0.1) is 17.1 Å². The van der Waals surface area contributed by atoms with Crippen LogP contribution in [0.25, 0.3) is 16.5 Å². The van der Waals surface area contributed by atoms with E-state index in [0.29, 0.717) is 22.9 Å². The molecule has 6 rings (SSSR count). The van der Waals surface area contributed by atoms with E-state index < -0.39 is 0 Å². The lowest BCUT2D eigenvalue weighted by Crippen LogP contribution is -2.26. The molecule has 1 N–H and O–H groups in total. The van der Waals surface area contributed by atoms with Crippen LogP contribution in [0.5, 0.6) is 0 Å². The van der Waals surface area contributed by atoms with Crippen LogP contribution >= 0.6 is 0 Å². The topological polar surface area (TPSA) is 106 Å². The molecular weight excluding hydrogens is 454 g/mol. The maximum absolute atomic E-state index is 13.2. The Hall–Kier alpha value is -4.92. The summed E-state index contributed by atoms with van der Waals surface area (Å²) in [5.74, 6) is -0.0342. The molecule has 0 radical (unpaired) electrons. The molecule has 5 aromatic rings. The fourth-order valence-electron chi connectivity index (χ4n) is 4.57. The van der Waals surface area contributed by atoms with Crippen LogP contribution in [0.1, 0.15) is 30.7 Å². The molecule has 1 atom stereocenters. The molecule has 0 spiro atoms. The van der Waals surface area contributed by atoms with E-state index in [4.69, 9.17) is 0 Å². The SMILES string of the molecule is CC(c1cccnc1)c1nnnn1-c1ccc(N2C(=O)CC(=O)Nc3c2ccc2ccccc32)cc1. The van der Waals surface area contributed by atoms with Crippen LogP contribution in [-0.2, 0) is 9.59 Å². The van der Waals surface area contributed by atoms with E-state index in [0.717, 1.165) is 22.0 Å². The van der Waals surface area contributed by atoms with Gasteiger partial charge in [0.15, 0.2) is 5.82 Å². The Bertz CT molecular complexity index is 1600. The van der Waals surface area contributed by atoms with Gasteiger partial charge in [0, 0.05) is 29.4 Å². The number of hydrogen-bond donors (Lipinski definition) is 1. The van der Waals surface area contributed by atoms with Crippen LogP contribution in [-0.4, -0.2) is 37.0 Å². The molecule has 1 aliphatic rings. The van der Waals surface area contributed by atoms with Gasteiger partial charge in [-0.25, -0.2) is 0 Å². The average molecular weight is 476 g/mol. The maximum atomic E-state index is 13.2.